The second-order valence-electron chi connectivity index (χ2n) is 11.3. The van der Waals surface area contributed by atoms with Crippen molar-refractivity contribution in [1.82, 2.24) is 19.9 Å². The lowest BCUT2D eigenvalue weighted by Crippen LogP contribution is -2.59. The molecule has 1 aliphatic rings. The summed E-state index contributed by atoms with van der Waals surface area (Å²) in [5.74, 6) is -0.159. The van der Waals surface area contributed by atoms with Crippen LogP contribution in [-0.4, -0.2) is 74.2 Å². The van der Waals surface area contributed by atoms with E-state index in [4.69, 9.17) is 4.74 Å². The fraction of sp³-hybridized carbons (Fsp3) is 0.500. The molecular weight excluding hydrogens is 639 g/mol. The SMILES string of the molecule is C[C@@H]1CN(c2nc(=O)[nH]c3c(SCC(CO)c4ccccn4)c(Br)c(C(F)(F)F)cc23)C[C@H](C)N1C(=O)OC(C)(C)C. The molecule has 0 bridgehead atoms. The van der Waals surface area contributed by atoms with E-state index in [2.05, 4.69) is 30.9 Å². The number of amides is 1. The van der Waals surface area contributed by atoms with Crippen molar-refractivity contribution in [3.8, 4) is 0 Å². The van der Waals surface area contributed by atoms with Crippen LogP contribution in [0.5, 0.6) is 0 Å². The predicted molar refractivity (Wildman–Crippen MR) is 159 cm³/mol. The largest absolute Gasteiger partial charge is 0.444 e. The van der Waals surface area contributed by atoms with E-state index in [1.807, 2.05) is 13.8 Å². The summed E-state index contributed by atoms with van der Waals surface area (Å²) in [6.07, 6.45) is -3.61. The number of aromatic nitrogens is 3. The van der Waals surface area contributed by atoms with Crippen molar-refractivity contribution in [2.75, 3.05) is 30.3 Å². The van der Waals surface area contributed by atoms with Crippen LogP contribution in [0, 0.1) is 0 Å². The molecule has 1 fully saturated rings. The molecular formula is C28H33BrF3N5O4S. The zero-order valence-corrected chi connectivity index (χ0v) is 26.2. The summed E-state index contributed by atoms with van der Waals surface area (Å²) in [5.41, 5.74) is -1.54. The maximum atomic E-state index is 14.3. The fourth-order valence-electron chi connectivity index (χ4n) is 5.01. The second-order valence-corrected chi connectivity index (χ2v) is 13.1. The Morgan fingerprint density at radius 1 is 1.24 bits per heavy atom. The van der Waals surface area contributed by atoms with Crippen LogP contribution in [0.15, 0.2) is 44.6 Å². The summed E-state index contributed by atoms with van der Waals surface area (Å²) in [6, 6.07) is 5.47. The van der Waals surface area contributed by atoms with Crippen molar-refractivity contribution < 1.29 is 27.8 Å². The first-order valence-corrected chi connectivity index (χ1v) is 15.1. The maximum absolute atomic E-state index is 14.3. The van der Waals surface area contributed by atoms with E-state index >= 15 is 0 Å². The quantitative estimate of drug-likeness (QED) is 0.316. The van der Waals surface area contributed by atoms with Crippen molar-refractivity contribution in [2.24, 2.45) is 0 Å². The molecule has 228 valence electrons. The molecule has 0 aliphatic carbocycles. The number of carbonyl (C=O) groups is 1. The highest BCUT2D eigenvalue weighted by atomic mass is 79.9. The number of pyridine rings is 1. The molecule has 1 unspecified atom stereocenters. The predicted octanol–water partition coefficient (Wildman–Crippen LogP) is 5.80. The van der Waals surface area contributed by atoms with Gasteiger partial charge in [0.05, 0.1) is 29.8 Å². The molecule has 9 nitrogen and oxygen atoms in total. The van der Waals surface area contributed by atoms with E-state index < -0.39 is 35.0 Å². The van der Waals surface area contributed by atoms with Crippen molar-refractivity contribution in [3.05, 3.63) is 56.7 Å². The number of aliphatic hydroxyl groups is 1. The lowest BCUT2D eigenvalue weighted by molar-refractivity contribution is -0.138. The number of hydrogen-bond donors (Lipinski definition) is 2. The molecule has 1 aliphatic heterocycles. The number of aromatic amines is 1. The summed E-state index contributed by atoms with van der Waals surface area (Å²) in [4.78, 5) is 40.3. The van der Waals surface area contributed by atoms with Crippen LogP contribution >= 0.6 is 27.7 Å². The van der Waals surface area contributed by atoms with Crippen molar-refractivity contribution in [2.45, 2.75) is 69.3 Å². The molecule has 2 aromatic heterocycles. The number of nitrogens with one attached hydrogen (secondary N) is 1. The number of carbonyl (C=O) groups excluding carboxylic acids is 1. The van der Waals surface area contributed by atoms with Gasteiger partial charge in [-0.2, -0.15) is 18.2 Å². The van der Waals surface area contributed by atoms with Crippen LogP contribution < -0.4 is 10.6 Å². The monoisotopic (exact) mass is 671 g/mol. The third-order valence-electron chi connectivity index (χ3n) is 6.78. The maximum Gasteiger partial charge on any atom is 0.417 e. The minimum absolute atomic E-state index is 0.0968. The summed E-state index contributed by atoms with van der Waals surface area (Å²) in [7, 11) is 0. The molecule has 0 saturated carbocycles. The number of piperazine rings is 1. The van der Waals surface area contributed by atoms with E-state index in [0.29, 0.717) is 5.69 Å². The van der Waals surface area contributed by atoms with E-state index in [1.54, 1.807) is 55.0 Å². The number of alkyl halides is 3. The van der Waals surface area contributed by atoms with E-state index in [0.717, 1.165) is 17.8 Å². The van der Waals surface area contributed by atoms with Gasteiger partial charge in [0.15, 0.2) is 0 Å². The molecule has 0 spiro atoms. The van der Waals surface area contributed by atoms with Gasteiger partial charge in [-0.15, -0.1) is 11.8 Å². The Morgan fingerprint density at radius 3 is 2.45 bits per heavy atom. The normalized spacial score (nSPS) is 18.8. The molecule has 0 radical (unpaired) electrons. The first-order chi connectivity index (χ1) is 19.6. The number of ether oxygens (including phenoxy) is 1. The first-order valence-electron chi connectivity index (χ1n) is 13.3. The Morgan fingerprint density at radius 2 is 1.90 bits per heavy atom. The first kappa shape index (κ1) is 32.1. The molecule has 3 aromatic rings. The van der Waals surface area contributed by atoms with Gasteiger partial charge in [0.1, 0.15) is 11.4 Å². The van der Waals surface area contributed by atoms with Gasteiger partial charge in [0, 0.05) is 51.4 Å². The highest BCUT2D eigenvalue weighted by molar-refractivity contribution is 9.10. The molecule has 3 heterocycles. The molecule has 1 amide bonds. The van der Waals surface area contributed by atoms with Crippen LogP contribution in [0.1, 0.15) is 51.8 Å². The van der Waals surface area contributed by atoms with E-state index in [1.165, 1.54) is 0 Å². The van der Waals surface area contributed by atoms with Gasteiger partial charge in [-0.05, 0) is 68.7 Å². The standard InChI is InChI=1S/C28H33BrF3N5O4S/c1-15-11-36(12-16(2)37(15)26(40)41-27(3,4)5)24-18-10-19(28(30,31)32)21(29)23(22(18)34-25(39)35-24)42-14-17(13-38)20-8-6-7-9-33-20/h6-10,15-17,38H,11-14H2,1-5H3,(H,34,35,39)/t15-,16+,17?. The number of hydrogen-bond acceptors (Lipinski definition) is 8. The smallest absolute Gasteiger partial charge is 0.417 e. The number of fused-ring (bicyclic) bond motifs is 1. The van der Waals surface area contributed by atoms with Crippen molar-refractivity contribution in [1.29, 1.82) is 0 Å². The van der Waals surface area contributed by atoms with Gasteiger partial charge in [-0.25, -0.2) is 9.59 Å². The zero-order chi connectivity index (χ0) is 31.0. The number of H-pyrrole nitrogens is 1. The molecule has 4 rings (SSSR count). The van der Waals surface area contributed by atoms with Gasteiger partial charge < -0.3 is 19.7 Å². The third-order valence-corrected chi connectivity index (χ3v) is 9.14. The zero-order valence-electron chi connectivity index (χ0n) is 23.8. The van der Waals surface area contributed by atoms with Crippen molar-refractivity contribution >= 4 is 50.5 Å². The molecule has 3 atom stereocenters. The molecule has 42 heavy (non-hydrogen) atoms. The average molecular weight is 673 g/mol. The average Bonchev–Trinajstić information content (AvgIpc) is 2.88. The lowest BCUT2D eigenvalue weighted by atomic mass is 10.1. The summed E-state index contributed by atoms with van der Waals surface area (Å²) < 4.78 is 48.2. The highest BCUT2D eigenvalue weighted by Crippen LogP contribution is 2.45. The van der Waals surface area contributed by atoms with E-state index in [-0.39, 0.29) is 63.6 Å². The number of rotatable bonds is 6. The Bertz CT molecular complexity index is 1490. The van der Waals surface area contributed by atoms with Crippen LogP contribution in [0.3, 0.4) is 0 Å². The van der Waals surface area contributed by atoms with Gasteiger partial charge in [0.2, 0.25) is 0 Å². The fourth-order valence-corrected chi connectivity index (χ4v) is 7.08. The second kappa shape index (κ2) is 12.4. The van der Waals surface area contributed by atoms with Crippen LogP contribution in [-0.2, 0) is 10.9 Å². The number of nitrogens with zero attached hydrogens (tertiary/aromatic N) is 4. The van der Waals surface area contributed by atoms with Gasteiger partial charge in [-0.1, -0.05) is 6.07 Å². The Kier molecular flexibility index (Phi) is 9.48. The number of benzene rings is 1. The number of halogens is 4. The van der Waals surface area contributed by atoms with Gasteiger partial charge in [0.25, 0.3) is 0 Å². The van der Waals surface area contributed by atoms with Crippen LogP contribution in [0.25, 0.3) is 10.9 Å². The molecule has 1 saturated heterocycles. The molecule has 1 aromatic carbocycles. The lowest BCUT2D eigenvalue weighted by Gasteiger charge is -2.45. The Hall–Kier alpha value is -2.84. The van der Waals surface area contributed by atoms with E-state index in [9.17, 15) is 27.9 Å². The van der Waals surface area contributed by atoms with Crippen LogP contribution in [0.4, 0.5) is 23.8 Å². The number of anilines is 1. The summed E-state index contributed by atoms with van der Waals surface area (Å²) in [6.45, 7) is 9.12. The molecule has 14 heteroatoms. The number of aliphatic hydroxyl groups excluding tert-OH is 1. The minimum Gasteiger partial charge on any atom is -0.444 e. The topological polar surface area (TPSA) is 112 Å². The Labute approximate surface area is 254 Å². The third kappa shape index (κ3) is 7.03. The van der Waals surface area contributed by atoms with Crippen molar-refractivity contribution in [3.63, 3.8) is 0 Å². The minimum atomic E-state index is -4.71. The Balaban J connectivity index is 1.77. The highest BCUT2D eigenvalue weighted by Gasteiger charge is 2.39. The molecule has 2 N–H and O–H groups in total. The summed E-state index contributed by atoms with van der Waals surface area (Å²) in [5, 5.41) is 10.1. The summed E-state index contributed by atoms with van der Waals surface area (Å²) >= 11 is 4.22. The van der Waals surface area contributed by atoms with Gasteiger partial charge >= 0.3 is 18.0 Å². The van der Waals surface area contributed by atoms with Gasteiger partial charge in [-0.3, -0.25) is 9.88 Å². The van der Waals surface area contributed by atoms with Crippen LogP contribution in [0.2, 0.25) is 0 Å². The number of thioether (sulfide) groups is 1.